The van der Waals surface area contributed by atoms with Crippen LogP contribution in [0.3, 0.4) is 0 Å². The van der Waals surface area contributed by atoms with Gasteiger partial charge in [-0.2, -0.15) is 5.26 Å². The van der Waals surface area contributed by atoms with E-state index in [2.05, 4.69) is 48.0 Å². The van der Waals surface area contributed by atoms with Crippen LogP contribution in [0.1, 0.15) is 40.5 Å². The summed E-state index contributed by atoms with van der Waals surface area (Å²) in [6.45, 7) is 8.90. The topological polar surface area (TPSA) is 33.0 Å². The van der Waals surface area contributed by atoms with Gasteiger partial charge in [-0.3, -0.25) is 0 Å². The summed E-state index contributed by atoms with van der Waals surface area (Å²) in [6, 6.07) is 2.32. The largest absolute Gasteiger partial charge is 0.371 e. The Morgan fingerprint density at radius 3 is 2.78 bits per heavy atom. The highest BCUT2D eigenvalue weighted by molar-refractivity contribution is 9.11. The maximum Gasteiger partial charge on any atom is 0.0897 e. The van der Waals surface area contributed by atoms with Gasteiger partial charge < -0.3 is 4.74 Å². The van der Waals surface area contributed by atoms with E-state index in [9.17, 15) is 0 Å². The van der Waals surface area contributed by atoms with Crippen molar-refractivity contribution in [3.05, 3.63) is 22.7 Å². The summed E-state index contributed by atoms with van der Waals surface area (Å²) in [4.78, 5) is 0. The molecule has 1 aliphatic rings. The molecule has 1 aliphatic carbocycles. The molecule has 0 saturated heterocycles. The summed E-state index contributed by atoms with van der Waals surface area (Å²) in [5.74, 6) is 0.348. The lowest BCUT2D eigenvalue weighted by Gasteiger charge is -2.34. The Morgan fingerprint density at radius 1 is 1.56 bits per heavy atom. The van der Waals surface area contributed by atoms with Crippen LogP contribution in [0.4, 0.5) is 0 Å². The van der Waals surface area contributed by atoms with Gasteiger partial charge in [-0.15, -0.1) is 0 Å². The summed E-state index contributed by atoms with van der Waals surface area (Å²) >= 11 is 3.48. The molecule has 0 heterocycles. The Labute approximate surface area is 119 Å². The van der Waals surface area contributed by atoms with Crippen molar-refractivity contribution in [3.63, 3.8) is 0 Å². The lowest BCUT2D eigenvalue weighted by atomic mass is 9.86. The molecule has 0 aromatic rings. The molecular weight excluding hydrogens is 290 g/mol. The molecule has 0 saturated carbocycles. The minimum atomic E-state index is -0.249. The fourth-order valence-corrected chi connectivity index (χ4v) is 2.43. The molecule has 0 aromatic heterocycles. The second-order valence-electron chi connectivity index (χ2n) is 5.81. The fourth-order valence-electron chi connectivity index (χ4n) is 1.90. The standard InChI is InChI=1S/C15H22BrNO/c1-12-10-13(16)6-8-15(12,4)18-9-5-7-14(2,3)11-17/h6,8,10,12H,5,7,9H2,1-4H3. The minimum absolute atomic E-state index is 0.228. The third kappa shape index (κ3) is 4.26. The van der Waals surface area contributed by atoms with E-state index in [0.29, 0.717) is 12.5 Å². The summed E-state index contributed by atoms with van der Waals surface area (Å²) in [6.07, 6.45) is 8.11. The number of nitriles is 1. The average molecular weight is 312 g/mol. The maximum atomic E-state index is 8.95. The Balaban J connectivity index is 2.41. The first kappa shape index (κ1) is 15.5. The zero-order valence-electron chi connectivity index (χ0n) is 11.7. The second kappa shape index (κ2) is 6.04. The number of hydrogen-bond acceptors (Lipinski definition) is 2. The zero-order chi connectivity index (χ0) is 13.8. The summed E-state index contributed by atoms with van der Waals surface area (Å²) in [5, 5.41) is 8.95. The molecule has 0 bridgehead atoms. The quantitative estimate of drug-likeness (QED) is 0.696. The van der Waals surface area contributed by atoms with E-state index in [4.69, 9.17) is 10.00 Å². The molecule has 0 fully saturated rings. The molecule has 3 heteroatoms. The lowest BCUT2D eigenvalue weighted by Crippen LogP contribution is -2.35. The monoisotopic (exact) mass is 311 g/mol. The van der Waals surface area contributed by atoms with Crippen molar-refractivity contribution < 1.29 is 4.74 Å². The Bertz CT molecular complexity index is 392. The Hall–Kier alpha value is -0.590. The van der Waals surface area contributed by atoms with Crippen LogP contribution in [-0.4, -0.2) is 12.2 Å². The molecule has 0 N–H and O–H groups in total. The van der Waals surface area contributed by atoms with E-state index >= 15 is 0 Å². The van der Waals surface area contributed by atoms with Crippen LogP contribution >= 0.6 is 15.9 Å². The van der Waals surface area contributed by atoms with E-state index in [-0.39, 0.29) is 11.0 Å². The molecular formula is C15H22BrNO. The third-order valence-corrected chi connectivity index (χ3v) is 4.08. The Kier molecular flexibility index (Phi) is 5.19. The SMILES string of the molecule is CC1C=C(Br)C=CC1(C)OCCCC(C)(C)C#N. The normalized spacial score (nSPS) is 27.8. The van der Waals surface area contributed by atoms with Crippen molar-refractivity contribution in [1.29, 1.82) is 5.26 Å². The smallest absolute Gasteiger partial charge is 0.0897 e. The van der Waals surface area contributed by atoms with Crippen LogP contribution < -0.4 is 0 Å². The highest BCUT2D eigenvalue weighted by atomic mass is 79.9. The van der Waals surface area contributed by atoms with E-state index in [0.717, 1.165) is 17.3 Å². The number of ether oxygens (including phenoxy) is 1. The van der Waals surface area contributed by atoms with Gasteiger partial charge in [0.05, 0.1) is 17.1 Å². The van der Waals surface area contributed by atoms with Crippen molar-refractivity contribution in [1.82, 2.24) is 0 Å². The average Bonchev–Trinajstić information content (AvgIpc) is 2.31. The predicted molar refractivity (Wildman–Crippen MR) is 78.3 cm³/mol. The van der Waals surface area contributed by atoms with Crippen LogP contribution in [0, 0.1) is 22.7 Å². The van der Waals surface area contributed by atoms with Gasteiger partial charge >= 0.3 is 0 Å². The Morgan fingerprint density at radius 2 is 2.22 bits per heavy atom. The number of halogens is 1. The number of allylic oxidation sites excluding steroid dienone is 2. The minimum Gasteiger partial charge on any atom is -0.371 e. The van der Waals surface area contributed by atoms with E-state index in [1.54, 1.807) is 0 Å². The molecule has 100 valence electrons. The molecule has 1 rings (SSSR count). The third-order valence-electron chi connectivity index (χ3n) is 3.55. The van der Waals surface area contributed by atoms with E-state index in [1.807, 2.05) is 19.9 Å². The van der Waals surface area contributed by atoms with Crippen molar-refractivity contribution in [2.75, 3.05) is 6.61 Å². The van der Waals surface area contributed by atoms with Gasteiger partial charge in [0.15, 0.2) is 0 Å². The van der Waals surface area contributed by atoms with Crippen molar-refractivity contribution in [2.45, 2.75) is 46.1 Å². The van der Waals surface area contributed by atoms with Gasteiger partial charge in [-0.1, -0.05) is 35.0 Å². The molecule has 2 nitrogen and oxygen atoms in total. The summed E-state index contributed by atoms with van der Waals surface area (Å²) in [7, 11) is 0. The molecule has 2 unspecified atom stereocenters. The van der Waals surface area contributed by atoms with Crippen molar-refractivity contribution >= 4 is 15.9 Å². The molecule has 0 radical (unpaired) electrons. The first-order valence-electron chi connectivity index (χ1n) is 6.41. The number of hydrogen-bond donors (Lipinski definition) is 0. The van der Waals surface area contributed by atoms with Gasteiger partial charge in [0.2, 0.25) is 0 Å². The van der Waals surface area contributed by atoms with Crippen LogP contribution in [0.15, 0.2) is 22.7 Å². The first-order valence-corrected chi connectivity index (χ1v) is 7.20. The van der Waals surface area contributed by atoms with Crippen LogP contribution in [-0.2, 0) is 4.74 Å². The van der Waals surface area contributed by atoms with Crippen molar-refractivity contribution in [2.24, 2.45) is 11.3 Å². The van der Waals surface area contributed by atoms with Gasteiger partial charge in [0.1, 0.15) is 0 Å². The van der Waals surface area contributed by atoms with Crippen LogP contribution in [0.5, 0.6) is 0 Å². The van der Waals surface area contributed by atoms with Gasteiger partial charge in [-0.25, -0.2) is 0 Å². The summed E-state index contributed by atoms with van der Waals surface area (Å²) < 4.78 is 7.12. The maximum absolute atomic E-state index is 8.95. The highest BCUT2D eigenvalue weighted by Crippen LogP contribution is 2.32. The molecule has 18 heavy (non-hydrogen) atoms. The van der Waals surface area contributed by atoms with Crippen molar-refractivity contribution in [3.8, 4) is 6.07 Å². The van der Waals surface area contributed by atoms with Gasteiger partial charge in [-0.05, 0) is 39.7 Å². The van der Waals surface area contributed by atoms with E-state index in [1.165, 1.54) is 0 Å². The number of rotatable bonds is 5. The first-order chi connectivity index (χ1) is 8.29. The lowest BCUT2D eigenvalue weighted by molar-refractivity contribution is -0.0236. The molecule has 2 atom stereocenters. The zero-order valence-corrected chi connectivity index (χ0v) is 13.3. The van der Waals surface area contributed by atoms with Gasteiger partial charge in [0, 0.05) is 17.0 Å². The fraction of sp³-hybridized carbons (Fsp3) is 0.667. The highest BCUT2D eigenvalue weighted by Gasteiger charge is 2.30. The van der Waals surface area contributed by atoms with Gasteiger partial charge in [0.25, 0.3) is 0 Å². The van der Waals surface area contributed by atoms with Crippen LogP contribution in [0.2, 0.25) is 0 Å². The van der Waals surface area contributed by atoms with E-state index < -0.39 is 0 Å². The molecule has 0 amide bonds. The summed E-state index contributed by atoms with van der Waals surface area (Å²) in [5.41, 5.74) is -0.477. The molecule has 0 spiro atoms. The predicted octanol–water partition coefficient (Wildman–Crippen LogP) is 4.58. The molecule has 0 aliphatic heterocycles. The number of nitrogens with zero attached hydrogens (tertiary/aromatic N) is 1. The second-order valence-corrected chi connectivity index (χ2v) is 6.72. The van der Waals surface area contributed by atoms with Crippen LogP contribution in [0.25, 0.3) is 0 Å². The molecule has 0 aromatic carbocycles.